The van der Waals surface area contributed by atoms with Crippen LogP contribution in [0.15, 0.2) is 24.4 Å². The van der Waals surface area contributed by atoms with Crippen LogP contribution in [0.4, 0.5) is 18.9 Å². The van der Waals surface area contributed by atoms with Crippen LogP contribution in [-0.4, -0.2) is 80.0 Å². The first kappa shape index (κ1) is 29.6. The molecule has 3 aromatic rings. The zero-order chi connectivity index (χ0) is 30.2. The number of hydrogen-bond acceptors (Lipinski definition) is 6. The van der Waals surface area contributed by atoms with Crippen molar-refractivity contribution in [1.82, 2.24) is 29.5 Å². The Kier molecular flexibility index (Phi) is 8.28. The summed E-state index contributed by atoms with van der Waals surface area (Å²) in [6.45, 7) is 1.99. The summed E-state index contributed by atoms with van der Waals surface area (Å²) in [7, 11) is 1.46. The Morgan fingerprint density at radius 1 is 1.14 bits per heavy atom. The van der Waals surface area contributed by atoms with Crippen LogP contribution in [0.5, 0.6) is 0 Å². The lowest BCUT2D eigenvalue weighted by Crippen LogP contribution is -2.50. The molecule has 5 rings (SSSR count). The fourth-order valence-corrected chi connectivity index (χ4v) is 5.30. The van der Waals surface area contributed by atoms with Crippen molar-refractivity contribution in [3.8, 4) is 11.3 Å². The van der Waals surface area contributed by atoms with Crippen LogP contribution >= 0.6 is 11.6 Å². The largest absolute Gasteiger partial charge is 0.435 e. The maximum Gasteiger partial charge on any atom is 0.435 e. The highest BCUT2D eigenvalue weighted by molar-refractivity contribution is 6.34. The Bertz CT molecular complexity index is 1510. The van der Waals surface area contributed by atoms with Gasteiger partial charge in [0.2, 0.25) is 5.91 Å². The normalized spacial score (nSPS) is 15.7. The molecule has 3 heterocycles. The number of nitrogens with zero attached hydrogens (tertiary/aromatic N) is 5. The smallest absolute Gasteiger partial charge is 0.339 e. The molecule has 0 radical (unpaired) electrons. The molecule has 11 nitrogen and oxygen atoms in total. The van der Waals surface area contributed by atoms with E-state index in [1.807, 2.05) is 0 Å². The van der Waals surface area contributed by atoms with Crippen LogP contribution in [-0.2, 0) is 18.0 Å². The number of anilines is 1. The van der Waals surface area contributed by atoms with Crippen molar-refractivity contribution in [1.29, 1.82) is 0 Å². The number of carbonyl (C=O) groups is 3. The lowest BCUT2D eigenvalue weighted by atomic mass is 10.1. The van der Waals surface area contributed by atoms with Gasteiger partial charge in [0.15, 0.2) is 11.5 Å². The summed E-state index contributed by atoms with van der Waals surface area (Å²) in [4.78, 5) is 45.8. The second-order valence-electron chi connectivity index (χ2n) is 10.4. The number of benzene rings is 1. The summed E-state index contributed by atoms with van der Waals surface area (Å²) < 4.78 is 42.4. The predicted molar refractivity (Wildman–Crippen MR) is 148 cm³/mol. The molecule has 0 bridgehead atoms. The second-order valence-corrected chi connectivity index (χ2v) is 10.8. The van der Waals surface area contributed by atoms with E-state index in [0.29, 0.717) is 51.3 Å². The highest BCUT2D eigenvalue weighted by atomic mass is 35.5. The van der Waals surface area contributed by atoms with E-state index in [0.717, 1.165) is 12.8 Å². The molecular weight excluding hydrogens is 577 g/mol. The van der Waals surface area contributed by atoms with Crippen LogP contribution in [0.25, 0.3) is 11.3 Å². The third-order valence-corrected chi connectivity index (χ3v) is 7.78. The van der Waals surface area contributed by atoms with Crippen molar-refractivity contribution in [3.05, 3.63) is 52.2 Å². The van der Waals surface area contributed by atoms with Gasteiger partial charge >= 0.3 is 6.18 Å². The molecule has 224 valence electrons. The van der Waals surface area contributed by atoms with Crippen LogP contribution < -0.4 is 11.1 Å². The molecule has 1 aliphatic carbocycles. The van der Waals surface area contributed by atoms with Crippen LogP contribution in [0.2, 0.25) is 5.02 Å². The fourth-order valence-electron chi connectivity index (χ4n) is 5.03. The lowest BCUT2D eigenvalue weighted by Gasteiger charge is -2.35. The summed E-state index contributed by atoms with van der Waals surface area (Å²) in [6.07, 6.45) is -0.965. The maximum absolute atomic E-state index is 13.7. The topological polar surface area (TPSA) is 142 Å². The Balaban J connectivity index is 1.27. The number of amides is 3. The lowest BCUT2D eigenvalue weighted by molar-refractivity contribution is -0.140. The first-order chi connectivity index (χ1) is 20.0. The fraction of sp³-hybridized carbons (Fsp3) is 0.444. The van der Waals surface area contributed by atoms with Crippen molar-refractivity contribution in [2.24, 2.45) is 12.8 Å². The summed E-state index contributed by atoms with van der Waals surface area (Å²) >= 11 is 6.41. The number of aromatic amines is 1. The van der Waals surface area contributed by atoms with Crippen molar-refractivity contribution in [2.45, 2.75) is 37.8 Å². The number of imidazole rings is 1. The van der Waals surface area contributed by atoms with Gasteiger partial charge in [0.05, 0.1) is 28.0 Å². The number of nitrogens with two attached hydrogens (primary N) is 1. The van der Waals surface area contributed by atoms with Gasteiger partial charge in [-0.25, -0.2) is 4.98 Å². The Labute approximate surface area is 244 Å². The van der Waals surface area contributed by atoms with Crippen molar-refractivity contribution in [2.75, 3.05) is 38.0 Å². The minimum atomic E-state index is -4.68. The monoisotopic (exact) mass is 606 g/mol. The molecule has 0 unspecified atom stereocenters. The molecule has 1 aromatic carbocycles. The quantitative estimate of drug-likeness (QED) is 0.357. The van der Waals surface area contributed by atoms with E-state index in [4.69, 9.17) is 17.3 Å². The molecule has 42 heavy (non-hydrogen) atoms. The predicted octanol–water partition coefficient (Wildman–Crippen LogP) is 3.64. The Hall–Kier alpha value is -3.91. The number of alkyl halides is 3. The Morgan fingerprint density at radius 2 is 1.83 bits per heavy atom. The van der Waals surface area contributed by atoms with E-state index in [1.165, 1.54) is 36.0 Å². The molecule has 0 atom stereocenters. The highest BCUT2D eigenvalue weighted by Crippen LogP contribution is 2.47. The van der Waals surface area contributed by atoms with Crippen molar-refractivity contribution >= 4 is 35.0 Å². The number of halogens is 4. The van der Waals surface area contributed by atoms with Gasteiger partial charge in [-0.15, -0.1) is 0 Å². The van der Waals surface area contributed by atoms with Crippen molar-refractivity contribution in [3.63, 3.8) is 0 Å². The standard InChI is InChI=1S/C27H30ClF3N8O3/c1-37-19(21-22(15-4-5-15)35-36-23(21)27(29,30)31)14-33-24(37)25(41)34-16-6-7-17(18(28)13-16)26(42)39-11-9-38(10-12-39)20(40)3-2-8-32/h6-7,13-15H,2-5,8-12,32H2,1H3,(H,34,41)(H,35,36). The first-order valence-electron chi connectivity index (χ1n) is 13.5. The molecule has 1 saturated heterocycles. The number of nitrogens with one attached hydrogen (secondary N) is 2. The van der Waals surface area contributed by atoms with Crippen LogP contribution in [0, 0.1) is 0 Å². The zero-order valence-electron chi connectivity index (χ0n) is 22.8. The van der Waals surface area contributed by atoms with Gasteiger partial charge < -0.3 is 25.4 Å². The summed E-state index contributed by atoms with van der Waals surface area (Å²) in [5.74, 6) is -1.12. The first-order valence-corrected chi connectivity index (χ1v) is 13.9. The van der Waals surface area contributed by atoms with Gasteiger partial charge in [-0.3, -0.25) is 19.5 Å². The molecule has 2 aliphatic rings. The average molecular weight is 607 g/mol. The van der Waals surface area contributed by atoms with E-state index in [-0.39, 0.29) is 51.1 Å². The zero-order valence-corrected chi connectivity index (χ0v) is 23.6. The molecular formula is C27H30ClF3N8O3. The van der Waals surface area contributed by atoms with Gasteiger partial charge in [-0.2, -0.15) is 18.3 Å². The Morgan fingerprint density at radius 3 is 2.45 bits per heavy atom. The van der Waals surface area contributed by atoms with Crippen LogP contribution in [0.1, 0.15) is 64.0 Å². The summed E-state index contributed by atoms with van der Waals surface area (Å²) in [5, 5.41) is 8.80. The number of piperazine rings is 1. The molecule has 1 aliphatic heterocycles. The second kappa shape index (κ2) is 11.8. The SMILES string of the molecule is Cn1c(-c2c(C(F)(F)F)n[nH]c2C2CC2)cnc1C(=O)Nc1ccc(C(=O)N2CCN(C(=O)CCCN)CC2)c(Cl)c1. The summed E-state index contributed by atoms with van der Waals surface area (Å²) in [6, 6.07) is 4.43. The van der Waals surface area contributed by atoms with E-state index >= 15 is 0 Å². The van der Waals surface area contributed by atoms with E-state index < -0.39 is 17.8 Å². The number of H-pyrrole nitrogens is 1. The molecule has 4 N–H and O–H groups in total. The van der Waals surface area contributed by atoms with Gasteiger partial charge in [0.1, 0.15) is 0 Å². The number of carbonyl (C=O) groups excluding carboxylic acids is 3. The molecule has 2 fully saturated rings. The van der Waals surface area contributed by atoms with Gasteiger partial charge in [0.25, 0.3) is 11.8 Å². The summed E-state index contributed by atoms with van der Waals surface area (Å²) in [5.41, 5.74) is 5.33. The number of hydrogen-bond donors (Lipinski definition) is 3. The molecule has 0 spiro atoms. The molecule has 3 amide bonds. The van der Waals surface area contributed by atoms with Crippen molar-refractivity contribution < 1.29 is 27.6 Å². The van der Waals surface area contributed by atoms with Gasteiger partial charge in [0, 0.05) is 56.9 Å². The molecule has 2 aromatic heterocycles. The van der Waals surface area contributed by atoms with Crippen LogP contribution in [0.3, 0.4) is 0 Å². The molecule has 15 heteroatoms. The van der Waals surface area contributed by atoms with E-state index in [9.17, 15) is 27.6 Å². The number of rotatable bonds is 8. The third-order valence-electron chi connectivity index (χ3n) is 7.47. The van der Waals surface area contributed by atoms with Gasteiger partial charge in [-0.05, 0) is 44.0 Å². The minimum absolute atomic E-state index is 0.0134. The average Bonchev–Trinajstić information content (AvgIpc) is 3.58. The third kappa shape index (κ3) is 6.00. The van der Waals surface area contributed by atoms with E-state index in [1.54, 1.807) is 9.80 Å². The van der Waals surface area contributed by atoms with Gasteiger partial charge in [-0.1, -0.05) is 11.6 Å². The highest BCUT2D eigenvalue weighted by Gasteiger charge is 2.42. The van der Waals surface area contributed by atoms with E-state index in [2.05, 4.69) is 20.5 Å². The minimum Gasteiger partial charge on any atom is -0.339 e. The molecule has 1 saturated carbocycles. The maximum atomic E-state index is 13.7. The number of aromatic nitrogens is 4.